The Labute approximate surface area is 153 Å². The summed E-state index contributed by atoms with van der Waals surface area (Å²) in [6, 6.07) is 5.10. The number of rotatable bonds is 4. The number of nitrogens with one attached hydrogen (secondary N) is 1. The molecule has 1 atom stereocenters. The molecule has 2 aromatic rings. The van der Waals surface area contributed by atoms with E-state index in [4.69, 9.17) is 16.1 Å². The summed E-state index contributed by atoms with van der Waals surface area (Å²) >= 11 is 5.59. The van der Waals surface area contributed by atoms with Crippen LogP contribution in [-0.2, 0) is 11.0 Å². The fraction of sp³-hybridized carbons (Fsp3) is 0.412. The zero-order chi connectivity index (χ0) is 18.9. The molecule has 3 rings (SSSR count). The number of alkyl halides is 3. The molecule has 1 aliphatic heterocycles. The molecule has 1 aromatic carbocycles. The van der Waals surface area contributed by atoms with Crippen molar-refractivity contribution in [2.24, 2.45) is 0 Å². The lowest BCUT2D eigenvalue weighted by Crippen LogP contribution is -2.33. The summed E-state index contributed by atoms with van der Waals surface area (Å²) in [7, 11) is 0. The van der Waals surface area contributed by atoms with Gasteiger partial charge in [0.2, 0.25) is 5.91 Å². The Hall–Kier alpha value is -2.06. The van der Waals surface area contributed by atoms with Gasteiger partial charge in [-0.2, -0.15) is 13.2 Å². The Kier molecular flexibility index (Phi) is 5.24. The van der Waals surface area contributed by atoms with Crippen molar-refractivity contribution in [1.29, 1.82) is 0 Å². The Morgan fingerprint density at radius 2 is 2.19 bits per heavy atom. The normalized spacial score (nSPS) is 18.3. The molecule has 1 fully saturated rings. The second kappa shape index (κ2) is 7.28. The van der Waals surface area contributed by atoms with Crippen molar-refractivity contribution >= 4 is 23.2 Å². The SMILES string of the molecule is Cc1cc(C2CCCN2CC(=O)Nc2ccc(Cl)c(C(F)(F)F)c2)no1. The Morgan fingerprint density at radius 1 is 1.42 bits per heavy atom. The lowest BCUT2D eigenvalue weighted by Gasteiger charge is -2.22. The standard InChI is InChI=1S/C17H17ClF3N3O2/c1-10-7-14(23-26-10)15-3-2-6-24(15)9-16(25)22-11-4-5-13(18)12(8-11)17(19,20)21/h4-5,7-8,15H,2-3,6,9H2,1H3,(H,22,25). The predicted molar refractivity (Wildman–Crippen MR) is 89.9 cm³/mol. The molecule has 0 bridgehead atoms. The molecule has 0 saturated carbocycles. The number of aromatic nitrogens is 1. The van der Waals surface area contributed by atoms with E-state index < -0.39 is 22.7 Å². The van der Waals surface area contributed by atoms with E-state index >= 15 is 0 Å². The van der Waals surface area contributed by atoms with E-state index in [0.29, 0.717) is 12.3 Å². The highest BCUT2D eigenvalue weighted by molar-refractivity contribution is 6.31. The van der Waals surface area contributed by atoms with Gasteiger partial charge in [0.15, 0.2) is 0 Å². The van der Waals surface area contributed by atoms with E-state index in [1.165, 1.54) is 6.07 Å². The molecule has 1 unspecified atom stereocenters. The summed E-state index contributed by atoms with van der Waals surface area (Å²) in [5.74, 6) is 0.296. The summed E-state index contributed by atoms with van der Waals surface area (Å²) in [6.45, 7) is 2.56. The number of aryl methyl sites for hydroxylation is 1. The summed E-state index contributed by atoms with van der Waals surface area (Å²) in [5, 5.41) is 6.10. The molecule has 1 saturated heterocycles. The third-order valence-electron chi connectivity index (χ3n) is 4.25. The van der Waals surface area contributed by atoms with Crippen molar-refractivity contribution in [3.8, 4) is 0 Å². The van der Waals surface area contributed by atoms with Gasteiger partial charge in [0, 0.05) is 11.8 Å². The molecule has 0 aliphatic carbocycles. The van der Waals surface area contributed by atoms with Gasteiger partial charge >= 0.3 is 6.18 Å². The monoisotopic (exact) mass is 387 g/mol. The highest BCUT2D eigenvalue weighted by Gasteiger charge is 2.34. The first-order valence-electron chi connectivity index (χ1n) is 8.08. The van der Waals surface area contributed by atoms with E-state index in [-0.39, 0.29) is 18.3 Å². The maximum atomic E-state index is 12.9. The van der Waals surface area contributed by atoms with Crippen molar-refractivity contribution in [3.05, 3.63) is 46.3 Å². The number of carbonyl (C=O) groups is 1. The fourth-order valence-electron chi connectivity index (χ4n) is 3.10. The molecule has 26 heavy (non-hydrogen) atoms. The molecule has 1 N–H and O–H groups in total. The third kappa shape index (κ3) is 4.19. The minimum Gasteiger partial charge on any atom is -0.361 e. The Balaban J connectivity index is 1.67. The van der Waals surface area contributed by atoms with Gasteiger partial charge in [0.1, 0.15) is 11.5 Å². The highest BCUT2D eigenvalue weighted by atomic mass is 35.5. The largest absolute Gasteiger partial charge is 0.417 e. The highest BCUT2D eigenvalue weighted by Crippen LogP contribution is 2.36. The van der Waals surface area contributed by atoms with Gasteiger partial charge in [-0.05, 0) is 44.5 Å². The number of hydrogen-bond donors (Lipinski definition) is 1. The number of carbonyl (C=O) groups excluding carboxylic acids is 1. The summed E-state index contributed by atoms with van der Waals surface area (Å²) < 4.78 is 43.8. The van der Waals surface area contributed by atoms with Gasteiger partial charge < -0.3 is 9.84 Å². The molecule has 1 amide bonds. The molecule has 0 radical (unpaired) electrons. The van der Waals surface area contributed by atoms with Gasteiger partial charge in [-0.25, -0.2) is 0 Å². The molecular weight excluding hydrogens is 371 g/mol. The van der Waals surface area contributed by atoms with Gasteiger partial charge in [0.25, 0.3) is 0 Å². The van der Waals surface area contributed by atoms with E-state index in [1.54, 1.807) is 6.92 Å². The number of hydrogen-bond acceptors (Lipinski definition) is 4. The number of benzene rings is 1. The second-order valence-electron chi connectivity index (χ2n) is 6.23. The lowest BCUT2D eigenvalue weighted by atomic mass is 10.1. The number of likely N-dealkylation sites (tertiary alicyclic amines) is 1. The molecule has 140 valence electrons. The molecule has 1 aliphatic rings. The molecule has 0 spiro atoms. The third-order valence-corrected chi connectivity index (χ3v) is 4.58. The Morgan fingerprint density at radius 3 is 2.85 bits per heavy atom. The van der Waals surface area contributed by atoms with Crippen LogP contribution in [0.5, 0.6) is 0 Å². The second-order valence-corrected chi connectivity index (χ2v) is 6.64. The zero-order valence-electron chi connectivity index (χ0n) is 13.9. The maximum absolute atomic E-state index is 12.9. The minimum atomic E-state index is -4.58. The van der Waals surface area contributed by atoms with Crippen molar-refractivity contribution in [3.63, 3.8) is 0 Å². The number of nitrogens with zero attached hydrogens (tertiary/aromatic N) is 2. The maximum Gasteiger partial charge on any atom is 0.417 e. The van der Waals surface area contributed by atoms with Crippen LogP contribution in [0.2, 0.25) is 5.02 Å². The molecule has 1 aromatic heterocycles. The number of amides is 1. The lowest BCUT2D eigenvalue weighted by molar-refractivity contribution is -0.137. The van der Waals surface area contributed by atoms with Crippen LogP contribution in [0.1, 0.15) is 35.9 Å². The van der Waals surface area contributed by atoms with E-state index in [0.717, 1.165) is 30.7 Å². The quantitative estimate of drug-likeness (QED) is 0.843. The van der Waals surface area contributed by atoms with Crippen molar-refractivity contribution in [2.75, 3.05) is 18.4 Å². The first kappa shape index (κ1) is 18.7. The minimum absolute atomic E-state index is 0.0332. The molecule has 9 heteroatoms. The van der Waals surface area contributed by atoms with Crippen LogP contribution in [0, 0.1) is 6.92 Å². The van der Waals surface area contributed by atoms with Crippen molar-refractivity contribution in [2.45, 2.75) is 32.0 Å². The smallest absolute Gasteiger partial charge is 0.361 e. The molecule has 5 nitrogen and oxygen atoms in total. The van der Waals surface area contributed by atoms with Crippen LogP contribution in [0.25, 0.3) is 0 Å². The summed E-state index contributed by atoms with van der Waals surface area (Å²) in [5.41, 5.74) is -0.160. The summed E-state index contributed by atoms with van der Waals surface area (Å²) in [6.07, 6.45) is -2.83. The first-order valence-corrected chi connectivity index (χ1v) is 8.45. The van der Waals surface area contributed by atoms with Gasteiger partial charge in [-0.1, -0.05) is 16.8 Å². The van der Waals surface area contributed by atoms with Crippen LogP contribution < -0.4 is 5.32 Å². The fourth-order valence-corrected chi connectivity index (χ4v) is 3.32. The average molecular weight is 388 g/mol. The predicted octanol–water partition coefficient (Wildman–Crippen LogP) is 4.43. The van der Waals surface area contributed by atoms with Crippen LogP contribution in [0.15, 0.2) is 28.8 Å². The average Bonchev–Trinajstić information content (AvgIpc) is 3.16. The van der Waals surface area contributed by atoms with Gasteiger partial charge in [-0.15, -0.1) is 0 Å². The topological polar surface area (TPSA) is 58.4 Å². The van der Waals surface area contributed by atoms with Crippen LogP contribution >= 0.6 is 11.6 Å². The van der Waals surface area contributed by atoms with Gasteiger partial charge in [0.05, 0.1) is 23.2 Å². The van der Waals surface area contributed by atoms with Crippen molar-refractivity contribution in [1.82, 2.24) is 10.1 Å². The summed E-state index contributed by atoms with van der Waals surface area (Å²) in [4.78, 5) is 14.2. The van der Waals surface area contributed by atoms with Crippen LogP contribution in [0.4, 0.5) is 18.9 Å². The first-order chi connectivity index (χ1) is 12.2. The molecular formula is C17H17ClF3N3O2. The number of halogens is 4. The van der Waals surface area contributed by atoms with Crippen molar-refractivity contribution < 1.29 is 22.5 Å². The van der Waals surface area contributed by atoms with E-state index in [1.807, 2.05) is 11.0 Å². The number of anilines is 1. The van der Waals surface area contributed by atoms with E-state index in [9.17, 15) is 18.0 Å². The van der Waals surface area contributed by atoms with E-state index in [2.05, 4.69) is 10.5 Å². The zero-order valence-corrected chi connectivity index (χ0v) is 14.7. The van der Waals surface area contributed by atoms with Gasteiger partial charge in [-0.3, -0.25) is 9.69 Å². The Bertz CT molecular complexity index is 807. The van der Waals surface area contributed by atoms with Crippen LogP contribution in [-0.4, -0.2) is 29.1 Å². The van der Waals surface area contributed by atoms with Crippen LogP contribution in [0.3, 0.4) is 0 Å². The molecule has 2 heterocycles.